The zero-order chi connectivity index (χ0) is 23.6. The molecule has 4 heterocycles. The highest BCUT2D eigenvalue weighted by Gasteiger charge is 2.43. The third-order valence-corrected chi connectivity index (χ3v) is 7.05. The van der Waals surface area contributed by atoms with Crippen molar-refractivity contribution < 1.29 is 18.0 Å². The predicted molar refractivity (Wildman–Crippen MR) is 121 cm³/mol. The van der Waals surface area contributed by atoms with Gasteiger partial charge in [0.25, 0.3) is 5.91 Å². The van der Waals surface area contributed by atoms with Gasteiger partial charge < -0.3 is 4.90 Å². The van der Waals surface area contributed by atoms with E-state index in [-0.39, 0.29) is 23.6 Å². The zero-order valence-electron chi connectivity index (χ0n) is 18.4. The van der Waals surface area contributed by atoms with E-state index in [0.29, 0.717) is 17.7 Å². The van der Waals surface area contributed by atoms with Crippen LogP contribution in [0.3, 0.4) is 0 Å². The van der Waals surface area contributed by atoms with Crippen LogP contribution in [0.25, 0.3) is 22.2 Å². The molecule has 1 fully saturated rings. The largest absolute Gasteiger partial charge is 0.327 e. The van der Waals surface area contributed by atoms with Crippen molar-refractivity contribution in [1.29, 1.82) is 0 Å². The van der Waals surface area contributed by atoms with Crippen LogP contribution in [-0.4, -0.2) is 31.6 Å². The van der Waals surface area contributed by atoms with Crippen LogP contribution >= 0.6 is 0 Å². The summed E-state index contributed by atoms with van der Waals surface area (Å²) in [6.07, 6.45) is 4.70. The maximum absolute atomic E-state index is 14.0. The van der Waals surface area contributed by atoms with Crippen molar-refractivity contribution in [3.8, 4) is 11.3 Å². The molecule has 1 saturated heterocycles. The minimum atomic E-state index is -1.49. The second-order valence-electron chi connectivity index (χ2n) is 8.98. The fourth-order valence-electron chi connectivity index (χ4n) is 5.62. The summed E-state index contributed by atoms with van der Waals surface area (Å²) >= 11 is 0. The van der Waals surface area contributed by atoms with Crippen molar-refractivity contribution in [1.82, 2.24) is 19.7 Å². The molecule has 2 aliphatic rings. The lowest BCUT2D eigenvalue weighted by atomic mass is 9.81. The standard InChI is InChI=1S/C26H21F3N4O/c1-32-25(14-11-19(27)23(29)20(28)12-14)18-13-15-5-4-8-22(24(18)31-32)33(15)26(34)17-9-10-30-21-7-3-2-6-16(17)21/h2-3,6-7,9-12,15,22H,4-5,8,13H2,1H3/t15-,22+/m0/s1. The van der Waals surface area contributed by atoms with E-state index in [2.05, 4.69) is 4.98 Å². The molecule has 34 heavy (non-hydrogen) atoms. The summed E-state index contributed by atoms with van der Waals surface area (Å²) in [5.41, 5.74) is 3.77. The smallest absolute Gasteiger partial charge is 0.255 e. The molecule has 172 valence electrons. The average molecular weight is 462 g/mol. The van der Waals surface area contributed by atoms with Crippen LogP contribution in [0.4, 0.5) is 13.2 Å². The van der Waals surface area contributed by atoms with Gasteiger partial charge in [-0.1, -0.05) is 18.2 Å². The third kappa shape index (κ3) is 3.04. The highest BCUT2D eigenvalue weighted by Crippen LogP contribution is 2.45. The van der Waals surface area contributed by atoms with Gasteiger partial charge in [0.1, 0.15) is 0 Å². The van der Waals surface area contributed by atoms with Crippen molar-refractivity contribution in [3.05, 3.63) is 82.9 Å². The number of aromatic nitrogens is 3. The molecule has 0 aliphatic carbocycles. The molecule has 4 aromatic rings. The molecule has 2 bridgehead atoms. The third-order valence-electron chi connectivity index (χ3n) is 7.05. The highest BCUT2D eigenvalue weighted by molar-refractivity contribution is 6.06. The van der Waals surface area contributed by atoms with Crippen LogP contribution in [0.15, 0.2) is 48.7 Å². The van der Waals surface area contributed by atoms with E-state index in [9.17, 15) is 18.0 Å². The number of carbonyl (C=O) groups excluding carboxylic acids is 1. The average Bonchev–Trinajstić information content (AvgIpc) is 3.16. The Morgan fingerprint density at radius 1 is 1.06 bits per heavy atom. The van der Waals surface area contributed by atoms with Crippen molar-refractivity contribution in [2.75, 3.05) is 0 Å². The van der Waals surface area contributed by atoms with E-state index in [0.717, 1.165) is 53.6 Å². The topological polar surface area (TPSA) is 51.0 Å². The van der Waals surface area contributed by atoms with Gasteiger partial charge >= 0.3 is 0 Å². The SMILES string of the molecule is Cn1nc2c(c1-c1cc(F)c(F)c(F)c1)C[C@@H]1CCC[C@H]2N1C(=O)c1ccnc2ccccc12. The lowest BCUT2D eigenvalue weighted by Gasteiger charge is -2.45. The van der Waals surface area contributed by atoms with Crippen LogP contribution in [0.1, 0.15) is 46.9 Å². The van der Waals surface area contributed by atoms with E-state index >= 15 is 0 Å². The van der Waals surface area contributed by atoms with Crippen LogP contribution in [0.2, 0.25) is 0 Å². The van der Waals surface area contributed by atoms with Gasteiger partial charge in [-0.05, 0) is 49.9 Å². The number of aryl methyl sites for hydroxylation is 1. The Morgan fingerprint density at radius 2 is 1.82 bits per heavy atom. The number of rotatable bonds is 2. The molecule has 0 N–H and O–H groups in total. The molecule has 2 aromatic heterocycles. The second kappa shape index (κ2) is 7.68. The summed E-state index contributed by atoms with van der Waals surface area (Å²) in [7, 11) is 1.71. The highest BCUT2D eigenvalue weighted by atomic mass is 19.2. The summed E-state index contributed by atoms with van der Waals surface area (Å²) in [4.78, 5) is 20.1. The van der Waals surface area contributed by atoms with Crippen LogP contribution < -0.4 is 0 Å². The Bertz CT molecular complexity index is 1440. The Balaban J connectivity index is 1.46. The molecular weight excluding hydrogens is 441 g/mol. The van der Waals surface area contributed by atoms with E-state index in [1.54, 1.807) is 24.0 Å². The first-order chi connectivity index (χ1) is 16.4. The van der Waals surface area contributed by atoms with Gasteiger partial charge in [-0.25, -0.2) is 13.2 Å². The molecule has 2 atom stereocenters. The molecule has 8 heteroatoms. The van der Waals surface area contributed by atoms with Gasteiger partial charge in [-0.15, -0.1) is 0 Å². The molecule has 0 radical (unpaired) electrons. The Morgan fingerprint density at radius 3 is 2.62 bits per heavy atom. The minimum Gasteiger partial charge on any atom is -0.327 e. The minimum absolute atomic E-state index is 0.0648. The number of carbonyl (C=O) groups is 1. The van der Waals surface area contributed by atoms with Gasteiger partial charge in [0.05, 0.1) is 28.5 Å². The maximum atomic E-state index is 14.0. The Hall–Kier alpha value is -3.68. The number of hydrogen-bond donors (Lipinski definition) is 0. The number of pyridine rings is 1. The normalized spacial score (nSPS) is 19.4. The van der Waals surface area contributed by atoms with Crippen LogP contribution in [-0.2, 0) is 13.5 Å². The van der Waals surface area contributed by atoms with Crippen LogP contribution in [0.5, 0.6) is 0 Å². The quantitative estimate of drug-likeness (QED) is 0.378. The van der Waals surface area contributed by atoms with Gasteiger partial charge in [0, 0.05) is 35.8 Å². The maximum Gasteiger partial charge on any atom is 0.255 e. The lowest BCUT2D eigenvalue weighted by Crippen LogP contribution is -2.49. The fraction of sp³-hybridized carbons (Fsp3) is 0.269. The first-order valence-corrected chi connectivity index (χ1v) is 11.3. The van der Waals surface area contributed by atoms with Gasteiger partial charge in [0.2, 0.25) is 0 Å². The molecule has 0 saturated carbocycles. The van der Waals surface area contributed by atoms with Crippen molar-refractivity contribution in [2.45, 2.75) is 37.8 Å². The molecular formula is C26H21F3N4O. The molecule has 2 aliphatic heterocycles. The van der Waals surface area contributed by atoms with Crippen LogP contribution in [0, 0.1) is 17.5 Å². The van der Waals surface area contributed by atoms with Gasteiger partial charge in [0.15, 0.2) is 17.5 Å². The number of fused-ring (bicyclic) bond motifs is 5. The van der Waals surface area contributed by atoms with E-state index in [1.165, 1.54) is 0 Å². The molecule has 1 amide bonds. The predicted octanol–water partition coefficient (Wildman–Crippen LogP) is 5.34. The summed E-state index contributed by atoms with van der Waals surface area (Å²) in [5.74, 6) is -4.02. The number of para-hydroxylation sites is 1. The zero-order valence-corrected chi connectivity index (χ0v) is 18.4. The number of amides is 1. The molecule has 0 spiro atoms. The second-order valence-corrected chi connectivity index (χ2v) is 8.98. The number of benzene rings is 2. The molecule has 0 unspecified atom stereocenters. The number of piperidine rings is 1. The first kappa shape index (κ1) is 20.9. The summed E-state index contributed by atoms with van der Waals surface area (Å²) in [6.45, 7) is 0. The number of halogens is 3. The number of hydrogen-bond acceptors (Lipinski definition) is 3. The van der Waals surface area contributed by atoms with E-state index < -0.39 is 17.5 Å². The van der Waals surface area contributed by atoms with Crippen molar-refractivity contribution in [2.24, 2.45) is 7.05 Å². The first-order valence-electron chi connectivity index (χ1n) is 11.3. The monoisotopic (exact) mass is 462 g/mol. The molecule has 5 nitrogen and oxygen atoms in total. The van der Waals surface area contributed by atoms with Gasteiger partial charge in [-0.2, -0.15) is 5.10 Å². The summed E-state index contributed by atoms with van der Waals surface area (Å²) in [6, 6.07) is 11.0. The summed E-state index contributed by atoms with van der Waals surface area (Å²) < 4.78 is 43.2. The van der Waals surface area contributed by atoms with Gasteiger partial charge in [-0.3, -0.25) is 14.5 Å². The summed E-state index contributed by atoms with van der Waals surface area (Å²) in [5, 5.41) is 5.49. The van der Waals surface area contributed by atoms with Crippen molar-refractivity contribution in [3.63, 3.8) is 0 Å². The number of nitrogens with zero attached hydrogens (tertiary/aromatic N) is 4. The Kier molecular flexibility index (Phi) is 4.72. The fourth-order valence-corrected chi connectivity index (χ4v) is 5.62. The lowest BCUT2D eigenvalue weighted by molar-refractivity contribution is 0.0394. The molecule has 2 aromatic carbocycles. The van der Waals surface area contributed by atoms with E-state index in [1.807, 2.05) is 29.2 Å². The van der Waals surface area contributed by atoms with E-state index in [4.69, 9.17) is 5.10 Å². The van der Waals surface area contributed by atoms with Crippen molar-refractivity contribution >= 4 is 16.8 Å². The Labute approximate surface area is 193 Å². The molecule has 6 rings (SSSR count).